The first-order chi connectivity index (χ1) is 26.7. The van der Waals surface area contributed by atoms with Crippen LogP contribution in [0.1, 0.15) is 5.56 Å². The van der Waals surface area contributed by atoms with Gasteiger partial charge < -0.3 is 4.57 Å². The van der Waals surface area contributed by atoms with E-state index in [9.17, 15) is 5.26 Å². The van der Waals surface area contributed by atoms with E-state index in [2.05, 4.69) is 167 Å². The van der Waals surface area contributed by atoms with Crippen molar-refractivity contribution in [3.05, 3.63) is 188 Å². The lowest BCUT2D eigenvalue weighted by Gasteiger charge is -2.12. The molecule has 0 spiro atoms. The van der Waals surface area contributed by atoms with E-state index in [0.29, 0.717) is 5.56 Å². The van der Waals surface area contributed by atoms with Crippen LogP contribution in [0.2, 0.25) is 0 Å². The van der Waals surface area contributed by atoms with Gasteiger partial charge in [-0.1, -0.05) is 127 Å². The Hall–Kier alpha value is -7.48. The van der Waals surface area contributed by atoms with Crippen LogP contribution in [0.3, 0.4) is 0 Å². The second kappa shape index (κ2) is 11.8. The Morgan fingerprint density at radius 3 is 1.81 bits per heavy atom. The molecule has 0 bridgehead atoms. The molecule has 0 atom stereocenters. The molecule has 54 heavy (non-hydrogen) atoms. The highest BCUT2D eigenvalue weighted by Gasteiger charge is 2.18. The van der Waals surface area contributed by atoms with Gasteiger partial charge in [-0.15, -0.1) is 0 Å². The predicted octanol–water partition coefficient (Wildman–Crippen LogP) is 12.8. The SMILES string of the molecule is N#Cc1cc(-n2c3ccccc3c3ccc(-c4ccc5c(c4)c4ccccc4n5-c4ccc(-c5cccc6ccccc56)cc4)cc32)nc2ccccc12. The van der Waals surface area contributed by atoms with Crippen molar-refractivity contribution >= 4 is 65.3 Å². The molecule has 4 heteroatoms. The number of fused-ring (bicyclic) bond motifs is 8. The number of rotatable bonds is 4. The standard InChI is InChI=1S/C50H30N4/c51-31-36-30-50(52-45-17-6-3-13-40(36)45)54-47-19-8-4-14-41(47)43-26-22-35(29-49(43)54)34-23-27-48-44(28-34)42-15-5-7-18-46(42)53(48)37-24-20-33(21-25-37)39-16-9-11-32-10-1-2-12-38(32)39/h1-30H. The van der Waals surface area contributed by atoms with Crippen LogP contribution in [0.4, 0.5) is 0 Å². The highest BCUT2D eigenvalue weighted by Crippen LogP contribution is 2.39. The molecule has 0 aliphatic rings. The molecule has 11 rings (SSSR count). The minimum absolute atomic E-state index is 0.614. The van der Waals surface area contributed by atoms with Gasteiger partial charge in [-0.05, 0) is 87.6 Å². The fourth-order valence-electron chi connectivity index (χ4n) is 8.46. The summed E-state index contributed by atoms with van der Waals surface area (Å²) in [6.07, 6.45) is 0. The Balaban J connectivity index is 1.06. The molecule has 11 aromatic rings. The molecule has 250 valence electrons. The Morgan fingerprint density at radius 1 is 0.407 bits per heavy atom. The largest absolute Gasteiger partial charge is 0.309 e. The monoisotopic (exact) mass is 686 g/mol. The molecule has 0 N–H and O–H groups in total. The van der Waals surface area contributed by atoms with E-state index in [-0.39, 0.29) is 0 Å². The fourth-order valence-corrected chi connectivity index (χ4v) is 8.46. The van der Waals surface area contributed by atoms with E-state index < -0.39 is 0 Å². The van der Waals surface area contributed by atoms with Gasteiger partial charge >= 0.3 is 0 Å². The zero-order valence-corrected chi connectivity index (χ0v) is 29.1. The zero-order valence-electron chi connectivity index (χ0n) is 29.1. The third-order valence-electron chi connectivity index (χ3n) is 11.0. The molecule has 4 nitrogen and oxygen atoms in total. The smallest absolute Gasteiger partial charge is 0.139 e. The first kappa shape index (κ1) is 30.2. The van der Waals surface area contributed by atoms with Crippen LogP contribution in [-0.2, 0) is 0 Å². The maximum atomic E-state index is 10.1. The van der Waals surface area contributed by atoms with Gasteiger partial charge in [0.15, 0.2) is 0 Å². The minimum atomic E-state index is 0.614. The Kier molecular flexibility index (Phi) is 6.58. The molecule has 3 heterocycles. The molecule has 0 amide bonds. The van der Waals surface area contributed by atoms with Crippen LogP contribution < -0.4 is 0 Å². The quantitative estimate of drug-likeness (QED) is 0.185. The van der Waals surface area contributed by atoms with Crippen molar-refractivity contribution in [3.8, 4) is 39.8 Å². The van der Waals surface area contributed by atoms with E-state index in [0.717, 1.165) is 60.9 Å². The summed E-state index contributed by atoms with van der Waals surface area (Å²) >= 11 is 0. The molecule has 0 unspecified atom stereocenters. The zero-order chi connectivity index (χ0) is 35.8. The van der Waals surface area contributed by atoms with Crippen LogP contribution >= 0.6 is 0 Å². The first-order valence-corrected chi connectivity index (χ1v) is 18.2. The summed E-state index contributed by atoms with van der Waals surface area (Å²) < 4.78 is 4.58. The van der Waals surface area contributed by atoms with Gasteiger partial charge in [-0.25, -0.2) is 4.98 Å². The molecule has 0 fully saturated rings. The van der Waals surface area contributed by atoms with Crippen molar-refractivity contribution < 1.29 is 0 Å². The molecule has 0 saturated carbocycles. The van der Waals surface area contributed by atoms with Gasteiger partial charge in [-0.2, -0.15) is 5.26 Å². The van der Waals surface area contributed by atoms with Gasteiger partial charge in [0.25, 0.3) is 0 Å². The second-order valence-electron chi connectivity index (χ2n) is 13.9. The lowest BCUT2D eigenvalue weighted by atomic mass is 9.98. The van der Waals surface area contributed by atoms with Crippen molar-refractivity contribution in [1.82, 2.24) is 14.1 Å². The highest BCUT2D eigenvalue weighted by atomic mass is 15.1. The summed E-state index contributed by atoms with van der Waals surface area (Å²) in [4.78, 5) is 5.08. The Bertz CT molecular complexity index is 3330. The summed E-state index contributed by atoms with van der Waals surface area (Å²) in [5, 5.41) is 18.2. The number of nitriles is 1. The lowest BCUT2D eigenvalue weighted by molar-refractivity contribution is 1.10. The summed E-state index contributed by atoms with van der Waals surface area (Å²) in [7, 11) is 0. The number of aromatic nitrogens is 3. The fraction of sp³-hybridized carbons (Fsp3) is 0. The molecule has 3 aromatic heterocycles. The Labute approximate surface area is 311 Å². The Morgan fingerprint density at radius 2 is 1.00 bits per heavy atom. The predicted molar refractivity (Wildman–Crippen MR) is 224 cm³/mol. The molecule has 8 aromatic carbocycles. The normalized spacial score (nSPS) is 11.7. The third-order valence-corrected chi connectivity index (χ3v) is 11.0. The van der Waals surface area contributed by atoms with E-state index in [1.54, 1.807) is 0 Å². The van der Waals surface area contributed by atoms with E-state index in [1.165, 1.54) is 38.2 Å². The minimum Gasteiger partial charge on any atom is -0.309 e. The van der Waals surface area contributed by atoms with Crippen LogP contribution in [0.5, 0.6) is 0 Å². The van der Waals surface area contributed by atoms with Gasteiger partial charge in [0, 0.05) is 32.6 Å². The number of benzene rings is 8. The summed E-state index contributed by atoms with van der Waals surface area (Å²) in [5.41, 5.74) is 11.7. The molecule has 0 aliphatic carbocycles. The van der Waals surface area contributed by atoms with Crippen molar-refractivity contribution in [2.75, 3.05) is 0 Å². The first-order valence-electron chi connectivity index (χ1n) is 18.2. The summed E-state index contributed by atoms with van der Waals surface area (Å²) in [5.74, 6) is 0.735. The topological polar surface area (TPSA) is 46.5 Å². The van der Waals surface area contributed by atoms with Gasteiger partial charge in [0.05, 0.1) is 39.2 Å². The second-order valence-corrected chi connectivity index (χ2v) is 13.9. The number of hydrogen-bond acceptors (Lipinski definition) is 2. The molecule has 0 radical (unpaired) electrons. The van der Waals surface area contributed by atoms with Gasteiger partial charge in [0.1, 0.15) is 5.82 Å². The molecule has 0 saturated heterocycles. The van der Waals surface area contributed by atoms with Gasteiger partial charge in [-0.3, -0.25) is 4.57 Å². The number of para-hydroxylation sites is 3. The van der Waals surface area contributed by atoms with E-state index in [1.807, 2.05) is 30.3 Å². The third kappa shape index (κ3) is 4.52. The van der Waals surface area contributed by atoms with E-state index in [4.69, 9.17) is 4.98 Å². The van der Waals surface area contributed by atoms with Crippen LogP contribution in [0, 0.1) is 11.3 Å². The number of hydrogen-bond donors (Lipinski definition) is 0. The summed E-state index contributed by atoms with van der Waals surface area (Å²) in [6.45, 7) is 0. The lowest BCUT2D eigenvalue weighted by Crippen LogP contribution is -1.99. The highest BCUT2D eigenvalue weighted by molar-refractivity contribution is 6.12. The molecule has 0 aliphatic heterocycles. The van der Waals surface area contributed by atoms with Crippen molar-refractivity contribution in [3.63, 3.8) is 0 Å². The van der Waals surface area contributed by atoms with Crippen LogP contribution in [0.25, 0.3) is 99.0 Å². The van der Waals surface area contributed by atoms with Crippen LogP contribution in [0.15, 0.2) is 182 Å². The number of nitrogens with zero attached hydrogens (tertiary/aromatic N) is 4. The summed E-state index contributed by atoms with van der Waals surface area (Å²) in [6, 6.07) is 66.9. The van der Waals surface area contributed by atoms with Crippen molar-refractivity contribution in [1.29, 1.82) is 5.26 Å². The molecular formula is C50H30N4. The average Bonchev–Trinajstić information content (AvgIpc) is 3.75. The van der Waals surface area contributed by atoms with Crippen molar-refractivity contribution in [2.45, 2.75) is 0 Å². The van der Waals surface area contributed by atoms with Crippen molar-refractivity contribution in [2.24, 2.45) is 0 Å². The average molecular weight is 687 g/mol. The molecular weight excluding hydrogens is 657 g/mol. The van der Waals surface area contributed by atoms with Crippen LogP contribution in [-0.4, -0.2) is 14.1 Å². The maximum absolute atomic E-state index is 10.1. The number of pyridine rings is 1. The van der Waals surface area contributed by atoms with Gasteiger partial charge in [0.2, 0.25) is 0 Å². The van der Waals surface area contributed by atoms with E-state index >= 15 is 0 Å². The maximum Gasteiger partial charge on any atom is 0.139 e.